The molecular formula is C22H31N3O4. The maximum Gasteiger partial charge on any atom is 0.409 e. The summed E-state index contributed by atoms with van der Waals surface area (Å²) >= 11 is 0. The van der Waals surface area contributed by atoms with Crippen LogP contribution in [-0.2, 0) is 9.53 Å². The molecule has 1 atom stereocenters. The van der Waals surface area contributed by atoms with Gasteiger partial charge in [-0.3, -0.25) is 9.69 Å². The third-order valence-electron chi connectivity index (χ3n) is 5.60. The summed E-state index contributed by atoms with van der Waals surface area (Å²) < 4.78 is 10.2. The summed E-state index contributed by atoms with van der Waals surface area (Å²) in [5.74, 6) is 0.853. The molecule has 1 aromatic carbocycles. The van der Waals surface area contributed by atoms with Crippen LogP contribution in [0.15, 0.2) is 30.3 Å². The molecule has 0 aromatic heterocycles. The van der Waals surface area contributed by atoms with Gasteiger partial charge < -0.3 is 19.3 Å². The van der Waals surface area contributed by atoms with E-state index in [0.29, 0.717) is 25.7 Å². The first kappa shape index (κ1) is 21.2. The van der Waals surface area contributed by atoms with E-state index in [0.717, 1.165) is 50.3 Å². The highest BCUT2D eigenvalue weighted by molar-refractivity contribution is 5.91. The fourth-order valence-electron chi connectivity index (χ4n) is 3.93. The van der Waals surface area contributed by atoms with Gasteiger partial charge in [-0.15, -0.1) is 0 Å². The predicted molar refractivity (Wildman–Crippen MR) is 112 cm³/mol. The molecule has 3 rings (SSSR count). The summed E-state index contributed by atoms with van der Waals surface area (Å²) in [5, 5.41) is 0. The second-order valence-corrected chi connectivity index (χ2v) is 7.41. The lowest BCUT2D eigenvalue weighted by atomic mass is 10.0. The average molecular weight is 402 g/mol. The molecule has 2 heterocycles. The van der Waals surface area contributed by atoms with Gasteiger partial charge in [0.1, 0.15) is 5.75 Å². The number of methoxy groups -OCH3 is 1. The Morgan fingerprint density at radius 1 is 1.07 bits per heavy atom. The Labute approximate surface area is 172 Å². The number of carbonyl (C=O) groups excluding carboxylic acids is 2. The van der Waals surface area contributed by atoms with Crippen molar-refractivity contribution in [2.24, 2.45) is 0 Å². The van der Waals surface area contributed by atoms with Crippen molar-refractivity contribution in [3.8, 4) is 5.75 Å². The zero-order valence-corrected chi connectivity index (χ0v) is 17.4. The first-order valence-electron chi connectivity index (χ1n) is 10.4. The molecule has 1 aromatic rings. The molecule has 0 radical (unpaired) electrons. The highest BCUT2D eigenvalue weighted by Crippen LogP contribution is 2.19. The SMILES string of the molecule is CCOC(=O)N1CCN(C2CCCN(C(=O)/C=C/c3ccc(OC)cc3)C2)CC1. The summed E-state index contributed by atoms with van der Waals surface area (Å²) in [5.41, 5.74) is 0.975. The monoisotopic (exact) mass is 401 g/mol. The minimum Gasteiger partial charge on any atom is -0.497 e. The Bertz CT molecular complexity index is 711. The number of likely N-dealkylation sites (tertiary alicyclic amines) is 1. The van der Waals surface area contributed by atoms with Crippen LogP contribution in [0.1, 0.15) is 25.3 Å². The minimum atomic E-state index is -0.226. The van der Waals surface area contributed by atoms with Crippen LogP contribution in [-0.4, -0.2) is 85.7 Å². The van der Waals surface area contributed by atoms with Crippen molar-refractivity contribution in [1.29, 1.82) is 0 Å². The van der Waals surface area contributed by atoms with Gasteiger partial charge in [-0.2, -0.15) is 0 Å². The molecule has 2 amide bonds. The maximum absolute atomic E-state index is 12.7. The van der Waals surface area contributed by atoms with Crippen LogP contribution >= 0.6 is 0 Å². The minimum absolute atomic E-state index is 0.0516. The van der Waals surface area contributed by atoms with Crippen molar-refractivity contribution in [2.45, 2.75) is 25.8 Å². The van der Waals surface area contributed by atoms with E-state index < -0.39 is 0 Å². The van der Waals surface area contributed by atoms with Crippen molar-refractivity contribution in [3.63, 3.8) is 0 Å². The van der Waals surface area contributed by atoms with Gasteiger partial charge in [-0.25, -0.2) is 4.79 Å². The molecule has 7 nitrogen and oxygen atoms in total. The lowest BCUT2D eigenvalue weighted by Crippen LogP contribution is -2.56. The molecule has 0 spiro atoms. The van der Waals surface area contributed by atoms with Gasteiger partial charge in [0.2, 0.25) is 5.91 Å². The molecule has 0 bridgehead atoms. The predicted octanol–water partition coefficient (Wildman–Crippen LogP) is 2.47. The topological polar surface area (TPSA) is 62.3 Å². The fraction of sp³-hybridized carbons (Fsp3) is 0.545. The van der Waals surface area contributed by atoms with E-state index in [1.54, 1.807) is 18.1 Å². The Kier molecular flexibility index (Phi) is 7.52. The van der Waals surface area contributed by atoms with E-state index in [4.69, 9.17) is 9.47 Å². The largest absolute Gasteiger partial charge is 0.497 e. The Morgan fingerprint density at radius 3 is 2.45 bits per heavy atom. The standard InChI is InChI=1S/C22H31N3O4/c1-3-29-22(27)24-15-13-23(14-16-24)19-5-4-12-25(17-19)21(26)11-8-18-6-9-20(28-2)10-7-18/h6-11,19H,3-5,12-17H2,1-2H3/b11-8+. The molecule has 2 aliphatic heterocycles. The van der Waals surface area contributed by atoms with Crippen LogP contribution in [0.25, 0.3) is 6.08 Å². The van der Waals surface area contributed by atoms with Crippen LogP contribution in [0, 0.1) is 0 Å². The van der Waals surface area contributed by atoms with E-state index in [-0.39, 0.29) is 12.0 Å². The molecule has 2 aliphatic rings. The van der Waals surface area contributed by atoms with Crippen LogP contribution in [0.2, 0.25) is 0 Å². The maximum atomic E-state index is 12.7. The second kappa shape index (κ2) is 10.3. The summed E-state index contributed by atoms with van der Waals surface area (Å²) in [7, 11) is 1.64. The van der Waals surface area contributed by atoms with E-state index in [1.165, 1.54) is 0 Å². The summed E-state index contributed by atoms with van der Waals surface area (Å²) in [6.07, 6.45) is 5.37. The van der Waals surface area contributed by atoms with Gasteiger partial charge in [0.25, 0.3) is 0 Å². The number of carbonyl (C=O) groups is 2. The Morgan fingerprint density at radius 2 is 1.79 bits per heavy atom. The first-order valence-corrected chi connectivity index (χ1v) is 10.4. The normalized spacial score (nSPS) is 20.7. The van der Waals surface area contributed by atoms with Gasteiger partial charge in [-0.05, 0) is 43.5 Å². The average Bonchev–Trinajstić information content (AvgIpc) is 2.78. The van der Waals surface area contributed by atoms with Gasteiger partial charge in [0.15, 0.2) is 0 Å². The van der Waals surface area contributed by atoms with E-state index >= 15 is 0 Å². The van der Waals surface area contributed by atoms with Crippen molar-refractivity contribution >= 4 is 18.1 Å². The molecule has 158 valence electrons. The molecular weight excluding hydrogens is 370 g/mol. The van der Waals surface area contributed by atoms with Gasteiger partial charge in [-0.1, -0.05) is 12.1 Å². The highest BCUT2D eigenvalue weighted by Gasteiger charge is 2.30. The Balaban J connectivity index is 1.50. The number of hydrogen-bond acceptors (Lipinski definition) is 5. The molecule has 2 fully saturated rings. The number of hydrogen-bond donors (Lipinski definition) is 0. The molecule has 0 aliphatic carbocycles. The zero-order valence-electron chi connectivity index (χ0n) is 17.4. The second-order valence-electron chi connectivity index (χ2n) is 7.41. The highest BCUT2D eigenvalue weighted by atomic mass is 16.6. The number of ether oxygens (including phenoxy) is 2. The van der Waals surface area contributed by atoms with Crippen molar-refractivity contribution in [3.05, 3.63) is 35.9 Å². The Hall–Kier alpha value is -2.54. The van der Waals surface area contributed by atoms with Gasteiger partial charge in [0, 0.05) is 51.4 Å². The van der Waals surface area contributed by atoms with Crippen LogP contribution in [0.5, 0.6) is 5.75 Å². The van der Waals surface area contributed by atoms with Crippen molar-refractivity contribution < 1.29 is 19.1 Å². The van der Waals surface area contributed by atoms with Crippen LogP contribution < -0.4 is 4.74 Å². The van der Waals surface area contributed by atoms with Crippen molar-refractivity contribution in [2.75, 3.05) is 53.0 Å². The lowest BCUT2D eigenvalue weighted by molar-refractivity contribution is -0.128. The van der Waals surface area contributed by atoms with E-state index in [1.807, 2.05) is 42.2 Å². The summed E-state index contributed by atoms with van der Waals surface area (Å²) in [4.78, 5) is 30.6. The van der Waals surface area contributed by atoms with E-state index in [2.05, 4.69) is 4.90 Å². The molecule has 1 unspecified atom stereocenters. The molecule has 29 heavy (non-hydrogen) atoms. The number of rotatable bonds is 5. The smallest absolute Gasteiger partial charge is 0.409 e. The first-order chi connectivity index (χ1) is 14.1. The van der Waals surface area contributed by atoms with E-state index in [9.17, 15) is 9.59 Å². The fourth-order valence-corrected chi connectivity index (χ4v) is 3.93. The van der Waals surface area contributed by atoms with Crippen LogP contribution in [0.3, 0.4) is 0 Å². The molecule has 7 heteroatoms. The van der Waals surface area contributed by atoms with Crippen molar-refractivity contribution in [1.82, 2.24) is 14.7 Å². The zero-order chi connectivity index (χ0) is 20.6. The lowest BCUT2D eigenvalue weighted by Gasteiger charge is -2.42. The molecule has 2 saturated heterocycles. The number of piperazine rings is 1. The third kappa shape index (κ3) is 5.73. The quantitative estimate of drug-likeness (QED) is 0.710. The number of amides is 2. The number of nitrogens with zero attached hydrogens (tertiary/aromatic N) is 3. The molecule has 0 N–H and O–H groups in total. The summed E-state index contributed by atoms with van der Waals surface area (Å²) in [6, 6.07) is 8.00. The summed E-state index contributed by atoms with van der Waals surface area (Å²) in [6.45, 7) is 6.78. The number of piperidine rings is 1. The third-order valence-corrected chi connectivity index (χ3v) is 5.60. The molecule has 0 saturated carbocycles. The van der Waals surface area contributed by atoms with Gasteiger partial charge in [0.05, 0.1) is 13.7 Å². The van der Waals surface area contributed by atoms with Gasteiger partial charge >= 0.3 is 6.09 Å². The number of benzene rings is 1. The van der Waals surface area contributed by atoms with Crippen LogP contribution in [0.4, 0.5) is 4.79 Å².